The van der Waals surface area contributed by atoms with E-state index in [-0.39, 0.29) is 0 Å². The Balaban J connectivity index is 2.30. The molecule has 0 saturated carbocycles. The van der Waals surface area contributed by atoms with Gasteiger partial charge in [0.05, 0.1) is 28.7 Å². The van der Waals surface area contributed by atoms with Crippen LogP contribution in [0.15, 0.2) is 61.1 Å². The SMILES string of the molecule is N#Cc1ccnc(-c2ccccn2)c1-c1ccccn1. The van der Waals surface area contributed by atoms with Crippen LogP contribution in [-0.4, -0.2) is 15.0 Å². The van der Waals surface area contributed by atoms with E-state index in [9.17, 15) is 5.26 Å². The van der Waals surface area contributed by atoms with Crippen molar-refractivity contribution < 1.29 is 0 Å². The summed E-state index contributed by atoms with van der Waals surface area (Å²) < 4.78 is 0. The lowest BCUT2D eigenvalue weighted by atomic mass is 10.0. The van der Waals surface area contributed by atoms with Crippen molar-refractivity contribution in [1.29, 1.82) is 5.26 Å². The third-order valence-electron chi connectivity index (χ3n) is 2.90. The van der Waals surface area contributed by atoms with Crippen LogP contribution in [0, 0.1) is 11.3 Å². The summed E-state index contributed by atoms with van der Waals surface area (Å²) in [4.78, 5) is 13.0. The van der Waals surface area contributed by atoms with Crippen LogP contribution in [0.25, 0.3) is 22.6 Å². The third kappa shape index (κ3) is 2.13. The fraction of sp³-hybridized carbons (Fsp3) is 0. The first-order valence-electron chi connectivity index (χ1n) is 6.12. The second-order valence-corrected chi connectivity index (χ2v) is 4.12. The predicted octanol–water partition coefficient (Wildman–Crippen LogP) is 3.08. The fourth-order valence-electron chi connectivity index (χ4n) is 2.02. The van der Waals surface area contributed by atoms with Gasteiger partial charge in [-0.1, -0.05) is 12.1 Å². The van der Waals surface area contributed by atoms with Gasteiger partial charge in [-0.15, -0.1) is 0 Å². The second kappa shape index (κ2) is 5.29. The topological polar surface area (TPSA) is 62.5 Å². The van der Waals surface area contributed by atoms with Crippen LogP contribution in [0.5, 0.6) is 0 Å². The molecular weight excluding hydrogens is 248 g/mol. The van der Waals surface area contributed by atoms with Crippen LogP contribution in [-0.2, 0) is 0 Å². The summed E-state index contributed by atoms with van der Waals surface area (Å²) in [6, 6.07) is 15.1. The molecule has 4 nitrogen and oxygen atoms in total. The maximum Gasteiger partial charge on any atom is 0.1000 e. The number of hydrogen-bond acceptors (Lipinski definition) is 4. The fourth-order valence-corrected chi connectivity index (χ4v) is 2.02. The van der Waals surface area contributed by atoms with E-state index in [1.165, 1.54) is 0 Å². The molecule has 4 heteroatoms. The molecule has 0 atom stereocenters. The Labute approximate surface area is 116 Å². The lowest BCUT2D eigenvalue weighted by Gasteiger charge is -2.09. The van der Waals surface area contributed by atoms with Crippen molar-refractivity contribution in [1.82, 2.24) is 15.0 Å². The van der Waals surface area contributed by atoms with Crippen molar-refractivity contribution in [3.05, 3.63) is 66.6 Å². The third-order valence-corrected chi connectivity index (χ3v) is 2.90. The summed E-state index contributed by atoms with van der Waals surface area (Å²) in [5.74, 6) is 0. The van der Waals surface area contributed by atoms with E-state index >= 15 is 0 Å². The first-order valence-corrected chi connectivity index (χ1v) is 6.12. The van der Waals surface area contributed by atoms with Gasteiger partial charge in [-0.3, -0.25) is 15.0 Å². The molecule has 3 heterocycles. The smallest absolute Gasteiger partial charge is 0.1000 e. The van der Waals surface area contributed by atoms with Crippen LogP contribution in [0.4, 0.5) is 0 Å². The highest BCUT2D eigenvalue weighted by Crippen LogP contribution is 2.30. The first-order chi connectivity index (χ1) is 9.90. The van der Waals surface area contributed by atoms with Gasteiger partial charge in [0.15, 0.2) is 0 Å². The largest absolute Gasteiger partial charge is 0.256 e. The molecule has 0 saturated heterocycles. The maximum absolute atomic E-state index is 9.33. The van der Waals surface area contributed by atoms with Gasteiger partial charge in [-0.25, -0.2) is 0 Å². The highest BCUT2D eigenvalue weighted by molar-refractivity contribution is 5.81. The van der Waals surface area contributed by atoms with Crippen molar-refractivity contribution in [2.45, 2.75) is 0 Å². The van der Waals surface area contributed by atoms with Crippen LogP contribution < -0.4 is 0 Å². The number of pyridine rings is 3. The van der Waals surface area contributed by atoms with Gasteiger partial charge in [-0.2, -0.15) is 5.26 Å². The van der Waals surface area contributed by atoms with E-state index in [4.69, 9.17) is 0 Å². The van der Waals surface area contributed by atoms with Gasteiger partial charge in [-0.05, 0) is 30.3 Å². The van der Waals surface area contributed by atoms with E-state index in [1.807, 2.05) is 36.4 Å². The van der Waals surface area contributed by atoms with Crippen LogP contribution in [0.2, 0.25) is 0 Å². The summed E-state index contributed by atoms with van der Waals surface area (Å²) in [6.07, 6.45) is 5.03. The minimum Gasteiger partial charge on any atom is -0.256 e. The lowest BCUT2D eigenvalue weighted by molar-refractivity contribution is 1.22. The molecule has 3 rings (SSSR count). The zero-order valence-electron chi connectivity index (χ0n) is 10.6. The van der Waals surface area contributed by atoms with Crippen LogP contribution in [0.3, 0.4) is 0 Å². The molecule has 0 radical (unpaired) electrons. The Kier molecular flexibility index (Phi) is 3.17. The molecule has 0 aliphatic heterocycles. The molecule has 0 aromatic carbocycles. The predicted molar refractivity (Wildman–Crippen MR) is 75.4 cm³/mol. The Morgan fingerprint density at radius 3 is 2.05 bits per heavy atom. The zero-order chi connectivity index (χ0) is 13.8. The van der Waals surface area contributed by atoms with Crippen molar-refractivity contribution in [3.8, 4) is 28.7 Å². The van der Waals surface area contributed by atoms with Crippen molar-refractivity contribution in [3.63, 3.8) is 0 Å². The lowest BCUT2D eigenvalue weighted by Crippen LogP contribution is -1.96. The van der Waals surface area contributed by atoms with Crippen molar-refractivity contribution >= 4 is 0 Å². The summed E-state index contributed by atoms with van der Waals surface area (Å²) in [5.41, 5.74) is 3.38. The Morgan fingerprint density at radius 2 is 1.45 bits per heavy atom. The van der Waals surface area contributed by atoms with E-state index in [0.29, 0.717) is 16.8 Å². The molecule has 0 bridgehead atoms. The molecule has 20 heavy (non-hydrogen) atoms. The molecule has 0 spiro atoms. The molecule has 0 aliphatic carbocycles. The minimum absolute atomic E-state index is 0.541. The molecule has 0 amide bonds. The normalized spacial score (nSPS) is 9.95. The summed E-state index contributed by atoms with van der Waals surface area (Å²) >= 11 is 0. The van der Waals surface area contributed by atoms with Gasteiger partial charge in [0, 0.05) is 24.2 Å². The molecule has 3 aromatic rings. The zero-order valence-corrected chi connectivity index (χ0v) is 10.6. The Morgan fingerprint density at radius 1 is 0.750 bits per heavy atom. The van der Waals surface area contributed by atoms with Crippen LogP contribution >= 0.6 is 0 Å². The standard InChI is InChI=1S/C16H10N4/c17-11-12-7-10-20-16(14-6-2-4-9-19-14)15(12)13-5-1-3-8-18-13/h1-10H. The van der Waals surface area contributed by atoms with E-state index < -0.39 is 0 Å². The van der Waals surface area contributed by atoms with E-state index in [1.54, 1.807) is 24.7 Å². The van der Waals surface area contributed by atoms with Gasteiger partial charge in [0.25, 0.3) is 0 Å². The summed E-state index contributed by atoms with van der Waals surface area (Å²) in [6.45, 7) is 0. The summed E-state index contributed by atoms with van der Waals surface area (Å²) in [7, 11) is 0. The van der Waals surface area contributed by atoms with E-state index in [2.05, 4.69) is 21.0 Å². The quantitative estimate of drug-likeness (QED) is 0.708. The van der Waals surface area contributed by atoms with Gasteiger partial charge < -0.3 is 0 Å². The molecule has 0 N–H and O–H groups in total. The average molecular weight is 258 g/mol. The molecule has 0 aliphatic rings. The monoisotopic (exact) mass is 258 g/mol. The molecule has 0 fully saturated rings. The maximum atomic E-state index is 9.33. The van der Waals surface area contributed by atoms with E-state index in [0.717, 1.165) is 11.4 Å². The number of aromatic nitrogens is 3. The minimum atomic E-state index is 0.541. The first kappa shape index (κ1) is 12.0. The molecule has 3 aromatic heterocycles. The average Bonchev–Trinajstić information content (AvgIpc) is 2.55. The second-order valence-electron chi connectivity index (χ2n) is 4.12. The van der Waals surface area contributed by atoms with Gasteiger partial charge >= 0.3 is 0 Å². The molecular formula is C16H10N4. The Hall–Kier alpha value is -3.06. The highest BCUT2D eigenvalue weighted by atomic mass is 14.8. The Bertz CT molecular complexity index is 761. The highest BCUT2D eigenvalue weighted by Gasteiger charge is 2.15. The molecule has 0 unspecified atom stereocenters. The summed E-state index contributed by atoms with van der Waals surface area (Å²) in [5, 5.41) is 9.33. The van der Waals surface area contributed by atoms with Crippen molar-refractivity contribution in [2.24, 2.45) is 0 Å². The van der Waals surface area contributed by atoms with Crippen LogP contribution in [0.1, 0.15) is 5.56 Å². The number of hydrogen-bond donors (Lipinski definition) is 0. The number of rotatable bonds is 2. The van der Waals surface area contributed by atoms with Gasteiger partial charge in [0.1, 0.15) is 0 Å². The molecule has 94 valence electrons. The number of nitrogens with zero attached hydrogens (tertiary/aromatic N) is 4. The number of nitriles is 1. The van der Waals surface area contributed by atoms with Crippen molar-refractivity contribution in [2.75, 3.05) is 0 Å². The van der Waals surface area contributed by atoms with Gasteiger partial charge in [0.2, 0.25) is 0 Å².